The smallest absolute Gasteiger partial charge is 0.0101 e. The van der Waals surface area contributed by atoms with E-state index in [1.165, 1.54) is 34.6 Å². The zero-order valence-electron chi connectivity index (χ0n) is 10.7. The molecule has 0 heterocycles. The molecule has 0 saturated heterocycles. The Morgan fingerprint density at radius 2 is 2.00 bits per heavy atom. The molecule has 0 fully saturated rings. The van der Waals surface area contributed by atoms with Gasteiger partial charge in [0.05, 0.1) is 0 Å². The third-order valence-electron chi connectivity index (χ3n) is 2.59. The molecular weight excluding hydrogens is 214 g/mol. The van der Waals surface area contributed by atoms with Crippen LogP contribution in [0.15, 0.2) is 23.1 Å². The van der Waals surface area contributed by atoms with Crippen LogP contribution in [0.2, 0.25) is 0 Å². The number of thioether (sulfide) groups is 1. The lowest BCUT2D eigenvalue weighted by molar-refractivity contribution is 0.666. The molecule has 0 radical (unpaired) electrons. The number of unbranched alkanes of at least 4 members (excludes halogenated alkanes) is 1. The summed E-state index contributed by atoms with van der Waals surface area (Å²) in [6, 6.07) is 6.72. The van der Waals surface area contributed by atoms with Gasteiger partial charge in [0.2, 0.25) is 0 Å². The van der Waals surface area contributed by atoms with Gasteiger partial charge in [0.25, 0.3) is 0 Å². The fourth-order valence-electron chi connectivity index (χ4n) is 1.67. The minimum absolute atomic E-state index is 1.09. The summed E-state index contributed by atoms with van der Waals surface area (Å²) in [6.45, 7) is 8.75. The zero-order chi connectivity index (χ0) is 11.8. The standard InChI is InChI=1S/C14H23NS/c1-4-15-9-5-6-10-16-14-8-7-12(2)11-13(14)3/h7-8,11,15H,4-6,9-10H2,1-3H3. The number of hydrogen-bond acceptors (Lipinski definition) is 2. The quantitative estimate of drug-likeness (QED) is 0.572. The Morgan fingerprint density at radius 1 is 1.19 bits per heavy atom. The van der Waals surface area contributed by atoms with Gasteiger partial charge in [0.15, 0.2) is 0 Å². The highest BCUT2D eigenvalue weighted by molar-refractivity contribution is 7.99. The van der Waals surface area contributed by atoms with Crippen molar-refractivity contribution in [3.8, 4) is 0 Å². The maximum atomic E-state index is 3.36. The molecule has 0 atom stereocenters. The molecule has 1 aromatic carbocycles. The molecule has 0 aromatic heterocycles. The van der Waals surface area contributed by atoms with E-state index < -0.39 is 0 Å². The Balaban J connectivity index is 2.21. The van der Waals surface area contributed by atoms with Crippen molar-refractivity contribution in [2.24, 2.45) is 0 Å². The summed E-state index contributed by atoms with van der Waals surface area (Å²) >= 11 is 1.99. The second-order valence-electron chi connectivity index (χ2n) is 4.18. The zero-order valence-corrected chi connectivity index (χ0v) is 11.5. The van der Waals surface area contributed by atoms with E-state index in [4.69, 9.17) is 0 Å². The Labute approximate surface area is 104 Å². The molecule has 0 spiro atoms. The normalized spacial score (nSPS) is 10.7. The van der Waals surface area contributed by atoms with Crippen LogP contribution in [0.5, 0.6) is 0 Å². The molecule has 0 aliphatic carbocycles. The first-order valence-electron chi connectivity index (χ1n) is 6.15. The number of rotatable bonds is 7. The van der Waals surface area contributed by atoms with Crippen LogP contribution in [0, 0.1) is 13.8 Å². The van der Waals surface area contributed by atoms with E-state index in [1.54, 1.807) is 0 Å². The summed E-state index contributed by atoms with van der Waals surface area (Å²) < 4.78 is 0. The molecule has 0 bridgehead atoms. The molecule has 0 amide bonds. The molecule has 0 aliphatic rings. The van der Waals surface area contributed by atoms with Crippen LogP contribution >= 0.6 is 11.8 Å². The summed E-state index contributed by atoms with van der Waals surface area (Å²) in [4.78, 5) is 1.44. The van der Waals surface area contributed by atoms with Gasteiger partial charge >= 0.3 is 0 Å². The first-order valence-corrected chi connectivity index (χ1v) is 7.13. The van der Waals surface area contributed by atoms with E-state index >= 15 is 0 Å². The molecule has 0 unspecified atom stereocenters. The van der Waals surface area contributed by atoms with Crippen LogP contribution in [-0.4, -0.2) is 18.8 Å². The molecular formula is C14H23NS. The van der Waals surface area contributed by atoms with Crippen LogP contribution in [0.25, 0.3) is 0 Å². The Kier molecular flexibility index (Phi) is 6.58. The summed E-state index contributed by atoms with van der Waals surface area (Å²) in [7, 11) is 0. The minimum atomic E-state index is 1.09. The van der Waals surface area contributed by atoms with Crippen molar-refractivity contribution < 1.29 is 0 Å². The molecule has 90 valence electrons. The lowest BCUT2D eigenvalue weighted by Crippen LogP contribution is -2.13. The fraction of sp³-hybridized carbons (Fsp3) is 0.571. The van der Waals surface area contributed by atoms with Gasteiger partial charge in [-0.2, -0.15) is 0 Å². The SMILES string of the molecule is CCNCCCCSc1ccc(C)cc1C. The number of benzene rings is 1. The minimum Gasteiger partial charge on any atom is -0.317 e. The van der Waals surface area contributed by atoms with E-state index in [9.17, 15) is 0 Å². The van der Waals surface area contributed by atoms with Crippen molar-refractivity contribution in [2.75, 3.05) is 18.8 Å². The maximum absolute atomic E-state index is 3.36. The highest BCUT2D eigenvalue weighted by atomic mass is 32.2. The van der Waals surface area contributed by atoms with Gasteiger partial charge < -0.3 is 5.32 Å². The highest BCUT2D eigenvalue weighted by Crippen LogP contribution is 2.23. The molecule has 1 aromatic rings. The number of nitrogens with one attached hydrogen (secondary N) is 1. The summed E-state index contributed by atoms with van der Waals surface area (Å²) in [5.74, 6) is 1.23. The average Bonchev–Trinajstić information content (AvgIpc) is 2.26. The van der Waals surface area contributed by atoms with Crippen LogP contribution in [0.3, 0.4) is 0 Å². The maximum Gasteiger partial charge on any atom is 0.0101 e. The van der Waals surface area contributed by atoms with E-state index in [0.717, 1.165) is 13.1 Å². The molecule has 1 rings (SSSR count). The molecule has 1 nitrogen and oxygen atoms in total. The second kappa shape index (κ2) is 7.75. The fourth-order valence-corrected chi connectivity index (χ4v) is 2.69. The number of hydrogen-bond donors (Lipinski definition) is 1. The molecule has 1 N–H and O–H groups in total. The Bertz CT molecular complexity index is 310. The van der Waals surface area contributed by atoms with Gasteiger partial charge in [-0.25, -0.2) is 0 Å². The van der Waals surface area contributed by atoms with Gasteiger partial charge in [-0.3, -0.25) is 0 Å². The van der Waals surface area contributed by atoms with E-state index in [2.05, 4.69) is 44.3 Å². The van der Waals surface area contributed by atoms with Crippen molar-refractivity contribution in [3.05, 3.63) is 29.3 Å². The van der Waals surface area contributed by atoms with Crippen LogP contribution < -0.4 is 5.32 Å². The van der Waals surface area contributed by atoms with Crippen molar-refractivity contribution in [2.45, 2.75) is 38.5 Å². The highest BCUT2D eigenvalue weighted by Gasteiger charge is 1.98. The first-order chi connectivity index (χ1) is 7.74. The second-order valence-corrected chi connectivity index (χ2v) is 5.31. The molecule has 0 saturated carbocycles. The lowest BCUT2D eigenvalue weighted by Gasteiger charge is -2.06. The predicted octanol–water partition coefficient (Wildman–Crippen LogP) is 3.79. The lowest BCUT2D eigenvalue weighted by atomic mass is 10.2. The molecule has 16 heavy (non-hydrogen) atoms. The third-order valence-corrected chi connectivity index (χ3v) is 3.85. The number of aryl methyl sites for hydroxylation is 2. The predicted molar refractivity (Wildman–Crippen MR) is 74.4 cm³/mol. The van der Waals surface area contributed by atoms with E-state index in [1.807, 2.05) is 11.8 Å². The van der Waals surface area contributed by atoms with Crippen molar-refractivity contribution >= 4 is 11.8 Å². The van der Waals surface area contributed by atoms with Crippen molar-refractivity contribution in [1.29, 1.82) is 0 Å². The van der Waals surface area contributed by atoms with Crippen molar-refractivity contribution in [1.82, 2.24) is 5.32 Å². The topological polar surface area (TPSA) is 12.0 Å². The van der Waals surface area contributed by atoms with Crippen LogP contribution in [0.4, 0.5) is 0 Å². The van der Waals surface area contributed by atoms with Crippen molar-refractivity contribution in [3.63, 3.8) is 0 Å². The third kappa shape index (κ3) is 5.04. The summed E-state index contributed by atoms with van der Waals surface area (Å²) in [5.41, 5.74) is 2.77. The van der Waals surface area contributed by atoms with Crippen LogP contribution in [-0.2, 0) is 0 Å². The van der Waals surface area contributed by atoms with Gasteiger partial charge in [-0.15, -0.1) is 11.8 Å². The van der Waals surface area contributed by atoms with Gasteiger partial charge in [-0.1, -0.05) is 24.6 Å². The van der Waals surface area contributed by atoms with Crippen LogP contribution in [0.1, 0.15) is 30.9 Å². The largest absolute Gasteiger partial charge is 0.317 e. The van der Waals surface area contributed by atoms with Gasteiger partial charge in [0.1, 0.15) is 0 Å². The first kappa shape index (κ1) is 13.6. The summed E-state index contributed by atoms with van der Waals surface area (Å²) in [5, 5.41) is 3.36. The van der Waals surface area contributed by atoms with Gasteiger partial charge in [-0.05, 0) is 57.2 Å². The monoisotopic (exact) mass is 237 g/mol. The average molecular weight is 237 g/mol. The molecule has 0 aliphatic heterocycles. The van der Waals surface area contributed by atoms with E-state index in [-0.39, 0.29) is 0 Å². The Hall–Kier alpha value is -0.470. The van der Waals surface area contributed by atoms with E-state index in [0.29, 0.717) is 0 Å². The molecule has 2 heteroatoms. The summed E-state index contributed by atoms with van der Waals surface area (Å²) in [6.07, 6.45) is 2.58. The Morgan fingerprint density at radius 3 is 2.69 bits per heavy atom. The van der Waals surface area contributed by atoms with Gasteiger partial charge in [0, 0.05) is 4.90 Å².